The Kier molecular flexibility index (Phi) is 5.42. The summed E-state index contributed by atoms with van der Waals surface area (Å²) in [5.74, 6) is 1.15. The van der Waals surface area contributed by atoms with Crippen molar-refractivity contribution in [1.82, 2.24) is 9.55 Å². The van der Waals surface area contributed by atoms with Crippen LogP contribution in [0.2, 0.25) is 0 Å². The maximum Gasteiger partial charge on any atom is 0.264 e. The molecule has 3 aromatic carbocycles. The first-order valence-electron chi connectivity index (χ1n) is 11.0. The van der Waals surface area contributed by atoms with Crippen LogP contribution in [0.3, 0.4) is 0 Å². The van der Waals surface area contributed by atoms with Gasteiger partial charge in [0.25, 0.3) is 5.91 Å². The van der Waals surface area contributed by atoms with Crippen LogP contribution in [0.4, 0.5) is 5.69 Å². The molecule has 0 saturated heterocycles. The number of fused-ring (bicyclic) bond motifs is 2. The second-order valence-electron chi connectivity index (χ2n) is 8.23. The highest BCUT2D eigenvalue weighted by Crippen LogP contribution is 2.37. The van der Waals surface area contributed by atoms with Gasteiger partial charge in [-0.25, -0.2) is 4.98 Å². The molecule has 0 radical (unpaired) electrons. The van der Waals surface area contributed by atoms with Gasteiger partial charge in [-0.15, -0.1) is 0 Å². The minimum atomic E-state index is -0.128. The summed E-state index contributed by atoms with van der Waals surface area (Å²) in [5, 5.41) is 2.82. The van der Waals surface area contributed by atoms with Gasteiger partial charge >= 0.3 is 0 Å². The van der Waals surface area contributed by atoms with E-state index in [0.29, 0.717) is 22.7 Å². The van der Waals surface area contributed by atoms with Gasteiger partial charge < -0.3 is 14.4 Å². The number of hydrogen-bond acceptors (Lipinski definition) is 5. The Morgan fingerprint density at radius 3 is 2.32 bits per heavy atom. The number of hydrogen-bond donors (Lipinski definition) is 0. The molecule has 5 aromatic rings. The second kappa shape index (κ2) is 8.56. The zero-order chi connectivity index (χ0) is 23.8. The smallest absolute Gasteiger partial charge is 0.264 e. The first kappa shape index (κ1) is 21.5. The number of benzene rings is 3. The monoisotopic (exact) mass is 451 g/mol. The van der Waals surface area contributed by atoms with Crippen molar-refractivity contribution in [2.45, 2.75) is 0 Å². The number of anilines is 1. The Morgan fingerprint density at radius 1 is 0.853 bits per heavy atom. The summed E-state index contributed by atoms with van der Waals surface area (Å²) in [4.78, 5) is 20.5. The maximum atomic E-state index is 13.9. The van der Waals surface area contributed by atoms with Crippen LogP contribution in [0, 0.1) is 0 Å². The van der Waals surface area contributed by atoms with Gasteiger partial charge in [-0.2, -0.15) is 0 Å². The third kappa shape index (κ3) is 3.44. The van der Waals surface area contributed by atoms with Crippen molar-refractivity contribution in [1.29, 1.82) is 0 Å². The van der Waals surface area contributed by atoms with Gasteiger partial charge in [0.1, 0.15) is 5.65 Å². The summed E-state index contributed by atoms with van der Waals surface area (Å²) in [5.41, 5.74) is 4.11. The molecule has 0 fully saturated rings. The number of aromatic nitrogens is 2. The molecule has 6 heteroatoms. The number of carbonyl (C=O) groups excluding carboxylic acids is 1. The third-order valence-electron chi connectivity index (χ3n) is 6.09. The van der Waals surface area contributed by atoms with E-state index in [1.807, 2.05) is 87.0 Å². The van der Waals surface area contributed by atoms with Crippen LogP contribution in [0.5, 0.6) is 11.5 Å². The molecule has 0 amide bonds. The molecule has 34 heavy (non-hydrogen) atoms. The SMILES string of the molecule is COc1ccc(-c2cn(C(=O)c3ccc(N(C)C)c4ccccc34)c3ncccc23)cc1OC. The molecule has 0 N–H and O–H groups in total. The lowest BCUT2D eigenvalue weighted by Crippen LogP contribution is -2.14. The summed E-state index contributed by atoms with van der Waals surface area (Å²) in [7, 11) is 7.22. The predicted octanol–water partition coefficient (Wildman–Crippen LogP) is 5.63. The minimum Gasteiger partial charge on any atom is -0.493 e. The maximum absolute atomic E-state index is 13.9. The third-order valence-corrected chi connectivity index (χ3v) is 6.09. The second-order valence-corrected chi connectivity index (χ2v) is 8.23. The molecule has 0 aliphatic rings. The molecule has 6 nitrogen and oxygen atoms in total. The van der Waals surface area contributed by atoms with Crippen LogP contribution in [-0.2, 0) is 0 Å². The van der Waals surface area contributed by atoms with Gasteiger partial charge in [0.15, 0.2) is 11.5 Å². The molecule has 0 saturated carbocycles. The molecule has 0 aliphatic carbocycles. The highest BCUT2D eigenvalue weighted by Gasteiger charge is 2.20. The molecule has 0 spiro atoms. The van der Waals surface area contributed by atoms with Gasteiger partial charge in [0.05, 0.1) is 14.2 Å². The highest BCUT2D eigenvalue weighted by molar-refractivity contribution is 6.14. The zero-order valence-electron chi connectivity index (χ0n) is 19.6. The number of ether oxygens (including phenoxy) is 2. The van der Waals surface area contributed by atoms with Crippen molar-refractivity contribution in [3.8, 4) is 22.6 Å². The van der Waals surface area contributed by atoms with Crippen LogP contribution in [0.1, 0.15) is 10.4 Å². The van der Waals surface area contributed by atoms with E-state index >= 15 is 0 Å². The van der Waals surface area contributed by atoms with E-state index < -0.39 is 0 Å². The summed E-state index contributed by atoms with van der Waals surface area (Å²) in [6, 6.07) is 21.5. The van der Waals surface area contributed by atoms with Gasteiger partial charge in [0, 0.05) is 54.1 Å². The van der Waals surface area contributed by atoms with E-state index in [2.05, 4.69) is 9.88 Å². The molecule has 0 unspecified atom stereocenters. The fourth-order valence-electron chi connectivity index (χ4n) is 4.44. The van der Waals surface area contributed by atoms with E-state index in [4.69, 9.17) is 9.47 Å². The van der Waals surface area contributed by atoms with Crippen LogP contribution in [0.25, 0.3) is 32.9 Å². The molecule has 5 rings (SSSR count). The topological polar surface area (TPSA) is 56.6 Å². The Hall–Kier alpha value is -4.32. The first-order valence-corrected chi connectivity index (χ1v) is 11.0. The molecule has 0 bridgehead atoms. The summed E-state index contributed by atoms with van der Waals surface area (Å²) < 4.78 is 12.5. The van der Waals surface area contributed by atoms with Crippen molar-refractivity contribution < 1.29 is 14.3 Å². The number of carbonyl (C=O) groups is 1. The molecule has 2 heterocycles. The zero-order valence-corrected chi connectivity index (χ0v) is 19.6. The molecular weight excluding hydrogens is 426 g/mol. The van der Waals surface area contributed by atoms with Crippen molar-refractivity contribution in [3.63, 3.8) is 0 Å². The van der Waals surface area contributed by atoms with Crippen molar-refractivity contribution in [2.24, 2.45) is 0 Å². The fourth-order valence-corrected chi connectivity index (χ4v) is 4.44. The number of pyridine rings is 1. The molecular formula is C28H25N3O3. The van der Waals surface area contributed by atoms with Gasteiger partial charge in [0.2, 0.25) is 0 Å². The average molecular weight is 452 g/mol. The normalized spacial score (nSPS) is 11.1. The highest BCUT2D eigenvalue weighted by atomic mass is 16.5. The van der Waals surface area contributed by atoms with Gasteiger partial charge in [-0.3, -0.25) is 9.36 Å². The van der Waals surface area contributed by atoms with Crippen LogP contribution >= 0.6 is 0 Å². The Balaban J connectivity index is 1.70. The molecule has 170 valence electrons. The van der Waals surface area contributed by atoms with Crippen LogP contribution in [-0.4, -0.2) is 43.8 Å². The van der Waals surface area contributed by atoms with Gasteiger partial charge in [-0.1, -0.05) is 30.3 Å². The Bertz CT molecular complexity index is 1540. The summed E-state index contributed by atoms with van der Waals surface area (Å²) in [6.07, 6.45) is 3.56. The predicted molar refractivity (Wildman–Crippen MR) is 136 cm³/mol. The van der Waals surface area contributed by atoms with Crippen LogP contribution in [0.15, 0.2) is 79.1 Å². The van der Waals surface area contributed by atoms with Gasteiger partial charge in [-0.05, 0) is 47.3 Å². The number of methoxy groups -OCH3 is 2. The lowest BCUT2D eigenvalue weighted by molar-refractivity contribution is 0.0966. The van der Waals surface area contributed by atoms with Crippen molar-refractivity contribution >= 4 is 33.4 Å². The average Bonchev–Trinajstić information content (AvgIpc) is 3.26. The van der Waals surface area contributed by atoms with E-state index in [1.165, 1.54) is 0 Å². The van der Waals surface area contributed by atoms with E-state index in [1.54, 1.807) is 25.0 Å². The van der Waals surface area contributed by atoms with Crippen molar-refractivity contribution in [3.05, 3.63) is 84.7 Å². The summed E-state index contributed by atoms with van der Waals surface area (Å²) in [6.45, 7) is 0. The molecule has 0 aliphatic heterocycles. The molecule has 0 atom stereocenters. The quantitative estimate of drug-likeness (QED) is 0.347. The lowest BCUT2D eigenvalue weighted by Gasteiger charge is -2.17. The van der Waals surface area contributed by atoms with E-state index in [0.717, 1.165) is 33.0 Å². The minimum absolute atomic E-state index is 0.128. The van der Waals surface area contributed by atoms with Crippen molar-refractivity contribution in [2.75, 3.05) is 33.2 Å². The fraction of sp³-hybridized carbons (Fsp3) is 0.143. The Morgan fingerprint density at radius 2 is 1.59 bits per heavy atom. The first-order chi connectivity index (χ1) is 16.5. The molecule has 2 aromatic heterocycles. The van der Waals surface area contributed by atoms with E-state index in [9.17, 15) is 4.79 Å². The largest absolute Gasteiger partial charge is 0.493 e. The standard InChI is InChI=1S/C28H25N3O3/c1-30(2)24-13-12-22(19-8-5-6-9-20(19)24)28(32)31-17-23(21-10-7-15-29-27(21)31)18-11-14-25(33-3)26(16-18)34-4/h5-17H,1-4H3. The van der Waals surface area contributed by atoms with Crippen LogP contribution < -0.4 is 14.4 Å². The summed E-state index contributed by atoms with van der Waals surface area (Å²) >= 11 is 0. The number of rotatable bonds is 5. The lowest BCUT2D eigenvalue weighted by atomic mass is 10.0. The Labute approximate surface area is 198 Å². The van der Waals surface area contributed by atoms with E-state index in [-0.39, 0.29) is 5.91 Å². The number of nitrogens with zero attached hydrogens (tertiary/aromatic N) is 3.